The normalized spacial score (nSPS) is 10.5. The molecule has 0 radical (unpaired) electrons. The van der Waals surface area contributed by atoms with Crippen LogP contribution in [0, 0.1) is 0 Å². The number of para-hydroxylation sites is 1. The van der Waals surface area contributed by atoms with Crippen molar-refractivity contribution in [3.8, 4) is 0 Å². The van der Waals surface area contributed by atoms with E-state index < -0.39 is 0 Å². The van der Waals surface area contributed by atoms with Crippen LogP contribution in [0.4, 0.5) is 5.69 Å². The molecule has 0 aliphatic heterocycles. The first-order valence-corrected chi connectivity index (χ1v) is 4.04. The number of nitrogens with two attached hydrogens (primary N) is 1. The molecular weight excluding hydrogens is 158 g/mol. The molecule has 2 N–H and O–H groups in total. The zero-order valence-corrected chi connectivity index (χ0v) is 7.52. The van der Waals surface area contributed by atoms with Gasteiger partial charge in [0.25, 0.3) is 0 Å². The number of hydrogen-bond donors (Lipinski definition) is 1. The Morgan fingerprint density at radius 2 is 2.00 bits per heavy atom. The van der Waals surface area contributed by atoms with Crippen molar-refractivity contribution < 1.29 is 0 Å². The summed E-state index contributed by atoms with van der Waals surface area (Å²) in [5.41, 5.74) is 7.59. The fraction of sp³-hybridized carbons (Fsp3) is 0.333. The summed E-state index contributed by atoms with van der Waals surface area (Å²) in [6.07, 6.45) is 0. The van der Waals surface area contributed by atoms with E-state index in [1.54, 1.807) is 0 Å². The third kappa shape index (κ3) is 1.66. The summed E-state index contributed by atoms with van der Waals surface area (Å²) in [4.78, 5) is 0. The molecule has 1 nitrogen and oxygen atoms in total. The number of nitrogen functional groups attached to an aromatic ring is 1. The van der Waals surface area contributed by atoms with Gasteiger partial charge in [0.05, 0.1) is 10.7 Å². The van der Waals surface area contributed by atoms with E-state index in [0.717, 1.165) is 5.56 Å². The molecule has 0 amide bonds. The van der Waals surface area contributed by atoms with Gasteiger partial charge in [-0.05, 0) is 17.5 Å². The molecule has 0 saturated heterocycles. The molecule has 0 spiro atoms. The zero-order chi connectivity index (χ0) is 8.43. The van der Waals surface area contributed by atoms with Gasteiger partial charge in [0, 0.05) is 0 Å². The number of anilines is 1. The van der Waals surface area contributed by atoms with Gasteiger partial charge in [0.1, 0.15) is 0 Å². The molecule has 0 fully saturated rings. The van der Waals surface area contributed by atoms with Crippen molar-refractivity contribution in [2.24, 2.45) is 0 Å². The third-order valence-corrected chi connectivity index (χ3v) is 2.04. The Morgan fingerprint density at radius 1 is 1.36 bits per heavy atom. The van der Waals surface area contributed by atoms with Crippen LogP contribution in [0.5, 0.6) is 0 Å². The van der Waals surface area contributed by atoms with Crippen LogP contribution >= 0.6 is 11.6 Å². The lowest BCUT2D eigenvalue weighted by Crippen LogP contribution is -1.96. The highest BCUT2D eigenvalue weighted by Crippen LogP contribution is 2.27. The molecule has 1 aromatic carbocycles. The molecule has 1 aromatic rings. The first-order chi connectivity index (χ1) is 5.13. The van der Waals surface area contributed by atoms with Gasteiger partial charge in [-0.2, -0.15) is 0 Å². The molecule has 0 atom stereocenters. The molecule has 0 unspecified atom stereocenters. The van der Waals surface area contributed by atoms with Crippen LogP contribution in [-0.4, -0.2) is 0 Å². The van der Waals surface area contributed by atoms with Gasteiger partial charge < -0.3 is 5.73 Å². The molecule has 0 saturated carbocycles. The summed E-state index contributed by atoms with van der Waals surface area (Å²) < 4.78 is 0. The summed E-state index contributed by atoms with van der Waals surface area (Å²) >= 11 is 5.83. The van der Waals surface area contributed by atoms with E-state index in [1.807, 2.05) is 18.2 Å². The molecule has 0 aromatic heterocycles. The minimum Gasteiger partial charge on any atom is -0.397 e. The summed E-state index contributed by atoms with van der Waals surface area (Å²) in [5, 5.41) is 0.649. The number of rotatable bonds is 1. The second-order valence-electron chi connectivity index (χ2n) is 2.90. The predicted octanol–water partition coefficient (Wildman–Crippen LogP) is 3.05. The van der Waals surface area contributed by atoms with Crippen molar-refractivity contribution in [1.82, 2.24) is 0 Å². The molecule has 0 heterocycles. The second-order valence-corrected chi connectivity index (χ2v) is 3.30. The standard InChI is InChI=1S/C9H12ClN/c1-6(2)7-4-3-5-8(10)9(7)11/h3-6H,11H2,1-2H3. The van der Waals surface area contributed by atoms with Crippen LogP contribution in [0.1, 0.15) is 25.3 Å². The molecule has 60 valence electrons. The second kappa shape index (κ2) is 3.14. The van der Waals surface area contributed by atoms with Crippen molar-refractivity contribution in [3.05, 3.63) is 28.8 Å². The van der Waals surface area contributed by atoms with E-state index in [0.29, 0.717) is 16.6 Å². The van der Waals surface area contributed by atoms with Crippen LogP contribution in [0.3, 0.4) is 0 Å². The summed E-state index contributed by atoms with van der Waals surface area (Å²) in [5.74, 6) is 0.439. The van der Waals surface area contributed by atoms with Crippen LogP contribution in [0.2, 0.25) is 5.02 Å². The molecule has 1 rings (SSSR count). The van der Waals surface area contributed by atoms with Crippen molar-refractivity contribution in [2.45, 2.75) is 19.8 Å². The quantitative estimate of drug-likeness (QED) is 0.643. The molecule has 0 aliphatic rings. The highest BCUT2D eigenvalue weighted by atomic mass is 35.5. The van der Waals surface area contributed by atoms with Crippen molar-refractivity contribution >= 4 is 17.3 Å². The lowest BCUT2D eigenvalue weighted by atomic mass is 10.0. The van der Waals surface area contributed by atoms with Gasteiger partial charge in [-0.15, -0.1) is 0 Å². The smallest absolute Gasteiger partial charge is 0.0638 e. The first kappa shape index (κ1) is 8.41. The number of halogens is 1. The van der Waals surface area contributed by atoms with Gasteiger partial charge in [-0.3, -0.25) is 0 Å². The van der Waals surface area contributed by atoms with Crippen LogP contribution < -0.4 is 5.73 Å². The maximum absolute atomic E-state index is 5.83. The highest BCUT2D eigenvalue weighted by Gasteiger charge is 2.05. The monoisotopic (exact) mass is 169 g/mol. The summed E-state index contributed by atoms with van der Waals surface area (Å²) in [7, 11) is 0. The van der Waals surface area contributed by atoms with Gasteiger partial charge in [-0.1, -0.05) is 37.6 Å². The van der Waals surface area contributed by atoms with E-state index in [9.17, 15) is 0 Å². The molecule has 0 bridgehead atoms. The third-order valence-electron chi connectivity index (χ3n) is 1.71. The maximum atomic E-state index is 5.83. The Bertz CT molecular complexity index is 256. The van der Waals surface area contributed by atoms with Gasteiger partial charge in [0.15, 0.2) is 0 Å². The average molecular weight is 170 g/mol. The Kier molecular flexibility index (Phi) is 2.40. The number of hydrogen-bond acceptors (Lipinski definition) is 1. The van der Waals surface area contributed by atoms with Crippen molar-refractivity contribution in [3.63, 3.8) is 0 Å². The highest BCUT2D eigenvalue weighted by molar-refractivity contribution is 6.33. The van der Waals surface area contributed by atoms with E-state index in [2.05, 4.69) is 13.8 Å². The van der Waals surface area contributed by atoms with E-state index in [4.69, 9.17) is 17.3 Å². The summed E-state index contributed by atoms with van der Waals surface area (Å²) in [6.45, 7) is 4.20. The average Bonchev–Trinajstić information content (AvgIpc) is 1.94. The molecule has 11 heavy (non-hydrogen) atoms. The Morgan fingerprint density at radius 3 is 2.45 bits per heavy atom. The van der Waals surface area contributed by atoms with Crippen LogP contribution in [-0.2, 0) is 0 Å². The molecular formula is C9H12ClN. The van der Waals surface area contributed by atoms with Gasteiger partial charge in [0.2, 0.25) is 0 Å². The maximum Gasteiger partial charge on any atom is 0.0638 e. The van der Waals surface area contributed by atoms with Crippen LogP contribution in [0.15, 0.2) is 18.2 Å². The van der Waals surface area contributed by atoms with E-state index >= 15 is 0 Å². The van der Waals surface area contributed by atoms with Crippen LogP contribution in [0.25, 0.3) is 0 Å². The van der Waals surface area contributed by atoms with Gasteiger partial charge in [-0.25, -0.2) is 0 Å². The predicted molar refractivity (Wildman–Crippen MR) is 50.0 cm³/mol. The largest absolute Gasteiger partial charge is 0.397 e. The van der Waals surface area contributed by atoms with E-state index in [1.165, 1.54) is 0 Å². The Hall–Kier alpha value is -0.690. The van der Waals surface area contributed by atoms with Gasteiger partial charge >= 0.3 is 0 Å². The minimum atomic E-state index is 0.439. The first-order valence-electron chi connectivity index (χ1n) is 3.67. The minimum absolute atomic E-state index is 0.439. The Labute approximate surface area is 72.2 Å². The Balaban J connectivity index is 3.17. The fourth-order valence-electron chi connectivity index (χ4n) is 1.06. The van der Waals surface area contributed by atoms with E-state index in [-0.39, 0.29) is 0 Å². The lowest BCUT2D eigenvalue weighted by Gasteiger charge is -2.09. The topological polar surface area (TPSA) is 26.0 Å². The summed E-state index contributed by atoms with van der Waals surface area (Å²) in [6, 6.07) is 5.74. The lowest BCUT2D eigenvalue weighted by molar-refractivity contribution is 0.870. The number of benzene rings is 1. The zero-order valence-electron chi connectivity index (χ0n) is 6.76. The SMILES string of the molecule is CC(C)c1cccc(Cl)c1N. The fourth-order valence-corrected chi connectivity index (χ4v) is 1.24. The molecule has 2 heteroatoms. The van der Waals surface area contributed by atoms with Crippen molar-refractivity contribution in [1.29, 1.82) is 0 Å². The molecule has 0 aliphatic carbocycles. The van der Waals surface area contributed by atoms with Crippen molar-refractivity contribution in [2.75, 3.05) is 5.73 Å².